The summed E-state index contributed by atoms with van der Waals surface area (Å²) < 4.78 is 26.7. The largest absolute Gasteiger partial charge is 0.481 e. The van der Waals surface area contributed by atoms with E-state index < -0.39 is 21.9 Å². The summed E-state index contributed by atoms with van der Waals surface area (Å²) in [6, 6.07) is 12.2. The molecule has 0 aliphatic carbocycles. The Bertz CT molecular complexity index is 811. The highest BCUT2D eigenvalue weighted by atomic mass is 32.2. The molecule has 1 aromatic heterocycles. The maximum Gasteiger partial charge on any atom is 0.306 e. The quantitative estimate of drug-likeness (QED) is 0.917. The Kier molecular flexibility index (Phi) is 4.64. The van der Waals surface area contributed by atoms with Crippen molar-refractivity contribution in [3.05, 3.63) is 48.7 Å². The van der Waals surface area contributed by atoms with Crippen LogP contribution in [0.4, 0.5) is 0 Å². The number of hydrogen-bond acceptors (Lipinski definition) is 4. The van der Waals surface area contributed by atoms with Crippen LogP contribution in [0, 0.1) is 5.92 Å². The fourth-order valence-corrected chi connectivity index (χ4v) is 4.29. The number of carboxylic acids is 1. The second-order valence-electron chi connectivity index (χ2n) is 5.76. The van der Waals surface area contributed by atoms with Gasteiger partial charge in [-0.2, -0.15) is 4.31 Å². The number of carboxylic acid groups (broad SMARTS) is 1. The Balaban J connectivity index is 1.77. The zero-order valence-electron chi connectivity index (χ0n) is 13.0. The van der Waals surface area contributed by atoms with Gasteiger partial charge in [-0.25, -0.2) is 8.42 Å². The van der Waals surface area contributed by atoms with Crippen LogP contribution in [0.25, 0.3) is 11.3 Å². The van der Waals surface area contributed by atoms with Crippen molar-refractivity contribution >= 4 is 16.0 Å². The highest BCUT2D eigenvalue weighted by Gasteiger charge is 2.31. The smallest absolute Gasteiger partial charge is 0.306 e. The van der Waals surface area contributed by atoms with Crippen molar-refractivity contribution < 1.29 is 18.3 Å². The van der Waals surface area contributed by atoms with E-state index in [0.717, 1.165) is 11.3 Å². The van der Waals surface area contributed by atoms with E-state index in [0.29, 0.717) is 12.8 Å². The number of rotatable bonds is 4. The second kappa shape index (κ2) is 6.70. The first-order valence-corrected chi connectivity index (χ1v) is 9.17. The Morgan fingerprint density at radius 3 is 2.29 bits per heavy atom. The summed E-state index contributed by atoms with van der Waals surface area (Å²) in [7, 11) is -3.59. The zero-order valence-corrected chi connectivity index (χ0v) is 13.8. The number of aromatic nitrogens is 1. The highest BCUT2D eigenvalue weighted by Crippen LogP contribution is 2.25. The summed E-state index contributed by atoms with van der Waals surface area (Å²) in [5.74, 6) is -1.31. The summed E-state index contributed by atoms with van der Waals surface area (Å²) in [5, 5.41) is 9.01. The van der Waals surface area contributed by atoms with E-state index in [2.05, 4.69) is 4.98 Å². The van der Waals surface area contributed by atoms with Gasteiger partial charge in [-0.15, -0.1) is 0 Å². The summed E-state index contributed by atoms with van der Waals surface area (Å²) in [6.45, 7) is 0.475. The van der Waals surface area contributed by atoms with Gasteiger partial charge in [0.05, 0.1) is 16.5 Å². The van der Waals surface area contributed by atoms with Crippen LogP contribution in [0.2, 0.25) is 0 Å². The van der Waals surface area contributed by atoms with E-state index in [4.69, 9.17) is 5.11 Å². The third kappa shape index (κ3) is 3.32. The van der Waals surface area contributed by atoms with Gasteiger partial charge in [0.15, 0.2) is 0 Å². The Hall–Kier alpha value is -2.25. The van der Waals surface area contributed by atoms with Crippen LogP contribution >= 0.6 is 0 Å². The first-order chi connectivity index (χ1) is 11.5. The normalized spacial score (nSPS) is 16.8. The van der Waals surface area contributed by atoms with E-state index in [1.807, 2.05) is 18.2 Å². The lowest BCUT2D eigenvalue weighted by Gasteiger charge is -2.29. The Labute approximate surface area is 140 Å². The molecule has 126 valence electrons. The minimum atomic E-state index is -3.59. The van der Waals surface area contributed by atoms with Crippen molar-refractivity contribution in [2.24, 2.45) is 5.92 Å². The lowest BCUT2D eigenvalue weighted by molar-refractivity contribution is -0.142. The van der Waals surface area contributed by atoms with Gasteiger partial charge in [0.1, 0.15) is 0 Å². The molecule has 1 saturated heterocycles. The highest BCUT2D eigenvalue weighted by molar-refractivity contribution is 7.89. The summed E-state index contributed by atoms with van der Waals surface area (Å²) in [6.07, 6.45) is 2.38. The predicted octanol–water partition coefficient (Wildman–Crippen LogP) is 2.23. The van der Waals surface area contributed by atoms with Gasteiger partial charge in [-0.05, 0) is 37.1 Å². The van der Waals surface area contributed by atoms with Crippen molar-refractivity contribution in [2.75, 3.05) is 13.1 Å². The molecule has 0 unspecified atom stereocenters. The molecule has 3 rings (SSSR count). The molecule has 0 saturated carbocycles. The van der Waals surface area contributed by atoms with Crippen LogP contribution in [-0.4, -0.2) is 41.9 Å². The lowest BCUT2D eigenvalue weighted by Crippen LogP contribution is -2.40. The standard InChI is InChI=1S/C17H18N2O4S/c20-17(21)14-8-11-19(12-9-14)24(22,23)15-6-4-13(5-7-15)16-3-1-2-10-18-16/h1-7,10,14H,8-9,11-12H2,(H,20,21). The number of hydrogen-bond donors (Lipinski definition) is 1. The number of piperidine rings is 1. The van der Waals surface area contributed by atoms with Gasteiger partial charge in [-0.3, -0.25) is 9.78 Å². The lowest BCUT2D eigenvalue weighted by atomic mass is 9.99. The van der Waals surface area contributed by atoms with Gasteiger partial charge in [0.2, 0.25) is 10.0 Å². The minimum Gasteiger partial charge on any atom is -0.481 e. The van der Waals surface area contributed by atoms with Crippen LogP contribution in [-0.2, 0) is 14.8 Å². The molecule has 0 spiro atoms. The second-order valence-corrected chi connectivity index (χ2v) is 7.69. The van der Waals surface area contributed by atoms with E-state index in [9.17, 15) is 13.2 Å². The predicted molar refractivity (Wildman–Crippen MR) is 88.8 cm³/mol. The molecule has 2 aromatic rings. The molecule has 0 amide bonds. The third-order valence-corrected chi connectivity index (χ3v) is 6.17. The van der Waals surface area contributed by atoms with Crippen LogP contribution in [0.1, 0.15) is 12.8 Å². The van der Waals surface area contributed by atoms with Crippen molar-refractivity contribution in [2.45, 2.75) is 17.7 Å². The molecule has 1 aliphatic heterocycles. The molecule has 2 heterocycles. The minimum absolute atomic E-state index is 0.218. The fraction of sp³-hybridized carbons (Fsp3) is 0.294. The SMILES string of the molecule is O=C(O)C1CCN(S(=O)(=O)c2ccc(-c3ccccn3)cc2)CC1. The van der Waals surface area contributed by atoms with Crippen LogP contribution < -0.4 is 0 Å². The summed E-state index contributed by atoms with van der Waals surface area (Å²) >= 11 is 0. The monoisotopic (exact) mass is 346 g/mol. The van der Waals surface area contributed by atoms with Gasteiger partial charge in [0, 0.05) is 24.8 Å². The van der Waals surface area contributed by atoms with Crippen molar-refractivity contribution in [3.8, 4) is 11.3 Å². The maximum atomic E-state index is 12.7. The number of benzene rings is 1. The van der Waals surface area contributed by atoms with Crippen LogP contribution in [0.5, 0.6) is 0 Å². The van der Waals surface area contributed by atoms with E-state index >= 15 is 0 Å². The van der Waals surface area contributed by atoms with Crippen LogP contribution in [0.3, 0.4) is 0 Å². The van der Waals surface area contributed by atoms with E-state index in [1.54, 1.807) is 30.5 Å². The van der Waals surface area contributed by atoms with Gasteiger partial charge in [-0.1, -0.05) is 18.2 Å². The maximum absolute atomic E-state index is 12.7. The van der Waals surface area contributed by atoms with Crippen molar-refractivity contribution in [1.82, 2.24) is 9.29 Å². The van der Waals surface area contributed by atoms with E-state index in [-0.39, 0.29) is 18.0 Å². The van der Waals surface area contributed by atoms with Crippen molar-refractivity contribution in [3.63, 3.8) is 0 Å². The number of carbonyl (C=O) groups is 1. The molecule has 1 aliphatic rings. The number of aliphatic carboxylic acids is 1. The molecule has 0 bridgehead atoms. The molecular weight excluding hydrogens is 328 g/mol. The number of pyridine rings is 1. The molecule has 6 nitrogen and oxygen atoms in total. The topological polar surface area (TPSA) is 87.6 Å². The number of nitrogens with zero attached hydrogens (tertiary/aromatic N) is 2. The van der Waals surface area contributed by atoms with Crippen molar-refractivity contribution in [1.29, 1.82) is 0 Å². The third-order valence-electron chi connectivity index (χ3n) is 4.26. The molecule has 0 radical (unpaired) electrons. The van der Waals surface area contributed by atoms with E-state index in [1.165, 1.54) is 4.31 Å². The first kappa shape index (κ1) is 16.6. The van der Waals surface area contributed by atoms with Gasteiger partial charge < -0.3 is 5.11 Å². The zero-order chi connectivity index (χ0) is 17.2. The molecule has 1 aromatic carbocycles. The molecular formula is C17H18N2O4S. The van der Waals surface area contributed by atoms with Gasteiger partial charge >= 0.3 is 5.97 Å². The fourth-order valence-electron chi connectivity index (χ4n) is 2.82. The Morgan fingerprint density at radius 1 is 1.08 bits per heavy atom. The number of sulfonamides is 1. The molecule has 24 heavy (non-hydrogen) atoms. The molecule has 7 heteroatoms. The molecule has 1 N–H and O–H groups in total. The van der Waals surface area contributed by atoms with Crippen LogP contribution in [0.15, 0.2) is 53.6 Å². The van der Waals surface area contributed by atoms with Gasteiger partial charge in [0.25, 0.3) is 0 Å². The average Bonchev–Trinajstić information content (AvgIpc) is 2.62. The molecule has 1 fully saturated rings. The first-order valence-electron chi connectivity index (χ1n) is 7.73. The summed E-state index contributed by atoms with van der Waals surface area (Å²) in [4.78, 5) is 15.4. The Morgan fingerprint density at radius 2 is 1.75 bits per heavy atom. The average molecular weight is 346 g/mol. The molecule has 0 atom stereocenters. The summed E-state index contributed by atoms with van der Waals surface area (Å²) in [5.41, 5.74) is 1.63.